The lowest BCUT2D eigenvalue weighted by Crippen LogP contribution is -2.24. The Morgan fingerprint density at radius 2 is 1.80 bits per heavy atom. The molecular weight excluding hydrogens is 232 g/mol. The van der Waals surface area contributed by atoms with Gasteiger partial charge in [0, 0.05) is 0 Å². The van der Waals surface area contributed by atoms with Crippen molar-refractivity contribution < 1.29 is 13.2 Å². The molecule has 2 aliphatic heterocycles. The fraction of sp³-hybridized carbons (Fsp3) is 0.600. The van der Waals surface area contributed by atoms with Crippen LogP contribution >= 0.6 is 11.8 Å². The molecular formula is C10H14O3S2. The summed E-state index contributed by atoms with van der Waals surface area (Å²) in [6, 6.07) is 0. The van der Waals surface area contributed by atoms with Crippen LogP contribution in [-0.4, -0.2) is 18.4 Å². The molecule has 2 bridgehead atoms. The second-order valence-electron chi connectivity index (χ2n) is 4.19. The monoisotopic (exact) mass is 246 g/mol. The second-order valence-corrected chi connectivity index (χ2v) is 7.66. The van der Waals surface area contributed by atoms with Crippen LogP contribution in [0, 0.1) is 0 Å². The lowest BCUT2D eigenvalue weighted by molar-refractivity contribution is 0.223. The molecule has 0 aromatic heterocycles. The number of sulfone groups is 1. The number of hydrogen-bond acceptors (Lipinski definition) is 4. The van der Waals surface area contributed by atoms with Crippen molar-refractivity contribution in [2.75, 3.05) is 0 Å². The number of fused-ring (bicyclic) bond motifs is 2. The minimum atomic E-state index is -3.16. The number of hydrogen-bond donors (Lipinski definition) is 0. The molecule has 15 heavy (non-hydrogen) atoms. The number of ether oxygens (including phenoxy) is 1. The quantitative estimate of drug-likeness (QED) is 0.658. The second kappa shape index (κ2) is 3.28. The van der Waals surface area contributed by atoms with E-state index in [1.165, 1.54) is 11.8 Å². The first-order chi connectivity index (χ1) is 6.85. The molecule has 0 saturated carbocycles. The van der Waals surface area contributed by atoms with Crippen molar-refractivity contribution in [1.82, 2.24) is 0 Å². The topological polar surface area (TPSA) is 43.4 Å². The summed E-state index contributed by atoms with van der Waals surface area (Å²) in [5.74, 6) is 0.634. The summed E-state index contributed by atoms with van der Waals surface area (Å²) >= 11 is 1.39. The first-order valence-corrected chi connectivity index (χ1v) is 7.25. The molecule has 0 radical (unpaired) electrons. The van der Waals surface area contributed by atoms with Gasteiger partial charge in [-0.15, -0.1) is 0 Å². The van der Waals surface area contributed by atoms with E-state index in [9.17, 15) is 8.42 Å². The molecule has 5 heteroatoms. The standard InChI is InChI=1S/C10H14O3S2/c1-5(2)7-10-14-9(13-7)8(6(3)4)15(10,11)12/h9-10H,1-4H3/t9-,10+/m1/s1. The van der Waals surface area contributed by atoms with Crippen molar-refractivity contribution in [3.8, 4) is 0 Å². The third-order valence-electron chi connectivity index (χ3n) is 2.48. The molecule has 0 unspecified atom stereocenters. The van der Waals surface area contributed by atoms with Gasteiger partial charge in [0.05, 0.1) is 4.91 Å². The fourth-order valence-corrected chi connectivity index (χ4v) is 6.44. The van der Waals surface area contributed by atoms with Gasteiger partial charge in [0.15, 0.2) is 19.9 Å². The Kier molecular flexibility index (Phi) is 2.43. The average Bonchev–Trinajstić information content (AvgIpc) is 2.56. The third kappa shape index (κ3) is 1.44. The van der Waals surface area contributed by atoms with E-state index >= 15 is 0 Å². The number of thioether (sulfide) groups is 1. The lowest BCUT2D eigenvalue weighted by Gasteiger charge is -2.19. The first-order valence-electron chi connectivity index (χ1n) is 4.76. The van der Waals surface area contributed by atoms with Gasteiger partial charge in [-0.3, -0.25) is 0 Å². The Bertz CT molecular complexity index is 463. The van der Waals surface area contributed by atoms with E-state index in [0.29, 0.717) is 10.7 Å². The normalized spacial score (nSPS) is 31.7. The van der Waals surface area contributed by atoms with Crippen LogP contribution in [0.3, 0.4) is 0 Å². The highest BCUT2D eigenvalue weighted by molar-refractivity contribution is 8.19. The first kappa shape index (κ1) is 11.1. The third-order valence-corrected chi connectivity index (χ3v) is 6.78. The summed E-state index contributed by atoms with van der Waals surface area (Å²) in [5.41, 5.74) is 1.48. The largest absolute Gasteiger partial charge is 0.476 e. The molecule has 84 valence electrons. The van der Waals surface area contributed by atoms with Crippen molar-refractivity contribution in [1.29, 1.82) is 0 Å². The van der Waals surface area contributed by atoms with Crippen LogP contribution in [0.15, 0.2) is 21.8 Å². The van der Waals surface area contributed by atoms with Gasteiger partial charge in [0.1, 0.15) is 5.76 Å². The maximum Gasteiger partial charge on any atom is 0.198 e. The molecule has 2 fully saturated rings. The Morgan fingerprint density at radius 3 is 2.20 bits per heavy atom. The predicted octanol–water partition coefficient (Wildman–Crippen LogP) is 2.42. The zero-order valence-corrected chi connectivity index (χ0v) is 10.8. The summed E-state index contributed by atoms with van der Waals surface area (Å²) in [7, 11) is -3.16. The molecule has 2 aliphatic rings. The molecule has 2 saturated heterocycles. The predicted molar refractivity (Wildman–Crippen MR) is 61.9 cm³/mol. The molecule has 0 aromatic rings. The number of rotatable bonds is 0. The van der Waals surface area contributed by atoms with Crippen LogP contribution in [-0.2, 0) is 14.6 Å². The van der Waals surface area contributed by atoms with E-state index in [4.69, 9.17) is 4.74 Å². The zero-order valence-electron chi connectivity index (χ0n) is 9.20. The molecule has 0 amide bonds. The maximum atomic E-state index is 12.1. The molecule has 0 aromatic carbocycles. The van der Waals surface area contributed by atoms with E-state index in [2.05, 4.69) is 0 Å². The Balaban J connectivity index is 2.58. The van der Waals surface area contributed by atoms with E-state index in [0.717, 1.165) is 11.1 Å². The molecule has 2 rings (SSSR count). The van der Waals surface area contributed by atoms with Crippen LogP contribution in [0.25, 0.3) is 0 Å². The van der Waals surface area contributed by atoms with E-state index in [1.807, 2.05) is 27.7 Å². The highest BCUT2D eigenvalue weighted by Gasteiger charge is 2.54. The minimum absolute atomic E-state index is 0.310. The van der Waals surface area contributed by atoms with Crippen molar-refractivity contribution in [2.24, 2.45) is 0 Å². The van der Waals surface area contributed by atoms with Crippen molar-refractivity contribution in [3.63, 3.8) is 0 Å². The Labute approximate surface area is 94.5 Å². The van der Waals surface area contributed by atoms with Crippen LogP contribution in [0.1, 0.15) is 27.7 Å². The van der Waals surface area contributed by atoms with E-state index in [1.54, 1.807) is 0 Å². The number of allylic oxidation sites excluding steroid dienone is 2. The van der Waals surface area contributed by atoms with Gasteiger partial charge in [0.2, 0.25) is 0 Å². The van der Waals surface area contributed by atoms with Gasteiger partial charge in [0.25, 0.3) is 0 Å². The Hall–Kier alpha value is -0.420. The molecule has 0 aliphatic carbocycles. The van der Waals surface area contributed by atoms with Crippen molar-refractivity contribution >= 4 is 21.6 Å². The van der Waals surface area contributed by atoms with Gasteiger partial charge in [-0.25, -0.2) is 8.42 Å². The van der Waals surface area contributed by atoms with Gasteiger partial charge >= 0.3 is 0 Å². The van der Waals surface area contributed by atoms with E-state index in [-0.39, 0.29) is 5.44 Å². The molecule has 2 heterocycles. The molecule has 0 N–H and O–H groups in total. The van der Waals surface area contributed by atoms with Gasteiger partial charge in [-0.05, 0) is 33.3 Å². The lowest BCUT2D eigenvalue weighted by atomic mass is 10.3. The van der Waals surface area contributed by atoms with Crippen LogP contribution < -0.4 is 0 Å². The van der Waals surface area contributed by atoms with Crippen LogP contribution in [0.4, 0.5) is 0 Å². The average molecular weight is 246 g/mol. The van der Waals surface area contributed by atoms with Gasteiger partial charge < -0.3 is 4.74 Å². The van der Waals surface area contributed by atoms with E-state index < -0.39 is 14.4 Å². The summed E-state index contributed by atoms with van der Waals surface area (Å²) in [6.45, 7) is 7.40. The SMILES string of the molecule is CC(C)=C1O[C@@H]2S[C@H]1S(=O)(=O)C2=C(C)C. The summed E-state index contributed by atoms with van der Waals surface area (Å²) in [6.07, 6.45) is 0. The molecule has 3 nitrogen and oxygen atoms in total. The molecule has 2 atom stereocenters. The zero-order chi connectivity index (χ0) is 11.4. The van der Waals surface area contributed by atoms with Gasteiger partial charge in [-0.1, -0.05) is 17.3 Å². The van der Waals surface area contributed by atoms with Crippen molar-refractivity contribution in [2.45, 2.75) is 37.7 Å². The minimum Gasteiger partial charge on any atom is -0.476 e. The maximum absolute atomic E-state index is 12.1. The summed E-state index contributed by atoms with van der Waals surface area (Å²) < 4.78 is 29.4. The summed E-state index contributed by atoms with van der Waals surface area (Å²) in [5, 5.41) is 0. The smallest absolute Gasteiger partial charge is 0.198 e. The highest BCUT2D eigenvalue weighted by Crippen LogP contribution is 2.54. The fourth-order valence-electron chi connectivity index (χ4n) is 1.83. The Morgan fingerprint density at radius 1 is 1.20 bits per heavy atom. The summed E-state index contributed by atoms with van der Waals surface area (Å²) in [4.78, 5) is 0.475. The van der Waals surface area contributed by atoms with Crippen LogP contribution in [0.5, 0.6) is 0 Å². The highest BCUT2D eigenvalue weighted by atomic mass is 32.3. The van der Waals surface area contributed by atoms with Crippen molar-refractivity contribution in [3.05, 3.63) is 21.8 Å². The molecule has 0 spiro atoms. The van der Waals surface area contributed by atoms with Crippen LogP contribution in [0.2, 0.25) is 0 Å². The van der Waals surface area contributed by atoms with Gasteiger partial charge in [-0.2, -0.15) is 0 Å².